The maximum Gasteiger partial charge on any atom is 0.124 e. The highest BCUT2D eigenvalue weighted by molar-refractivity contribution is 6.30. The number of nitrogens with zero attached hydrogens (tertiary/aromatic N) is 1. The highest BCUT2D eigenvalue weighted by Gasteiger charge is 2.25. The molecule has 20 heavy (non-hydrogen) atoms. The molecule has 4 rings (SSSR count). The van der Waals surface area contributed by atoms with Gasteiger partial charge in [-0.25, -0.2) is 4.98 Å². The third-order valence-electron chi connectivity index (χ3n) is 4.38. The van der Waals surface area contributed by atoms with Gasteiger partial charge in [0.1, 0.15) is 5.82 Å². The molecule has 2 heterocycles. The van der Waals surface area contributed by atoms with E-state index in [2.05, 4.69) is 22.4 Å². The summed E-state index contributed by atoms with van der Waals surface area (Å²) in [5, 5.41) is 4.41. The Balaban J connectivity index is 1.67. The van der Waals surface area contributed by atoms with E-state index in [0.717, 1.165) is 29.5 Å². The summed E-state index contributed by atoms with van der Waals surface area (Å²) in [6, 6.07) is 6.48. The van der Waals surface area contributed by atoms with Crippen molar-refractivity contribution >= 4 is 11.6 Å². The largest absolute Gasteiger partial charge is 0.344 e. The number of aromatic amines is 1. The molecule has 4 heteroatoms. The quantitative estimate of drug-likeness (QED) is 0.714. The lowest BCUT2D eigenvalue weighted by atomic mass is 10.1. The Kier molecular flexibility index (Phi) is 3.04. The fraction of sp³-hybridized carbons (Fsp3) is 0.438. The molecule has 2 N–H and O–H groups in total. The number of H-pyrrole nitrogens is 1. The van der Waals surface area contributed by atoms with E-state index < -0.39 is 0 Å². The second-order valence-corrected chi connectivity index (χ2v) is 6.22. The Morgan fingerprint density at radius 1 is 1.20 bits per heavy atom. The van der Waals surface area contributed by atoms with Crippen LogP contribution >= 0.6 is 11.6 Å². The van der Waals surface area contributed by atoms with Crippen LogP contribution in [0.2, 0.25) is 5.02 Å². The number of benzene rings is 1. The smallest absolute Gasteiger partial charge is 0.124 e. The van der Waals surface area contributed by atoms with Crippen LogP contribution in [0.5, 0.6) is 0 Å². The first-order valence-electron chi connectivity index (χ1n) is 7.42. The number of halogens is 1. The Hall–Kier alpha value is -1.32. The third-order valence-corrected chi connectivity index (χ3v) is 4.61. The van der Waals surface area contributed by atoms with E-state index in [-0.39, 0.29) is 0 Å². The SMILES string of the molecule is Clc1ccc2c(c1)Cc1[nH]c(C3CCCCCN3)nc1-2. The lowest BCUT2D eigenvalue weighted by molar-refractivity contribution is 0.511. The van der Waals surface area contributed by atoms with Crippen molar-refractivity contribution in [2.45, 2.75) is 38.1 Å². The Morgan fingerprint density at radius 3 is 3.10 bits per heavy atom. The van der Waals surface area contributed by atoms with Crippen LogP contribution in [0.25, 0.3) is 11.3 Å². The summed E-state index contributed by atoms with van der Waals surface area (Å²) in [7, 11) is 0. The summed E-state index contributed by atoms with van der Waals surface area (Å²) in [5.41, 5.74) is 4.88. The first-order valence-corrected chi connectivity index (χ1v) is 7.80. The molecule has 0 saturated carbocycles. The number of hydrogen-bond donors (Lipinski definition) is 2. The number of nitrogens with one attached hydrogen (secondary N) is 2. The predicted octanol–water partition coefficient (Wildman–Crippen LogP) is 3.84. The summed E-state index contributed by atoms with van der Waals surface area (Å²) in [4.78, 5) is 8.41. The predicted molar refractivity (Wildman–Crippen MR) is 81.1 cm³/mol. The van der Waals surface area contributed by atoms with Crippen LogP contribution in [0.1, 0.15) is 48.8 Å². The van der Waals surface area contributed by atoms with Crippen molar-refractivity contribution in [2.24, 2.45) is 0 Å². The van der Waals surface area contributed by atoms with Crippen molar-refractivity contribution in [2.75, 3.05) is 6.54 Å². The maximum atomic E-state index is 6.06. The third kappa shape index (κ3) is 2.05. The molecule has 2 aromatic rings. The molecule has 0 spiro atoms. The molecule has 1 aliphatic heterocycles. The zero-order chi connectivity index (χ0) is 13.5. The molecule has 1 aromatic heterocycles. The van der Waals surface area contributed by atoms with E-state index in [1.165, 1.54) is 42.5 Å². The molecule has 1 aromatic carbocycles. The molecule has 0 bridgehead atoms. The van der Waals surface area contributed by atoms with Gasteiger partial charge in [-0.2, -0.15) is 0 Å². The minimum atomic E-state index is 0.388. The van der Waals surface area contributed by atoms with Gasteiger partial charge in [-0.15, -0.1) is 0 Å². The van der Waals surface area contributed by atoms with Crippen LogP contribution in [0, 0.1) is 0 Å². The zero-order valence-corrected chi connectivity index (χ0v) is 12.1. The molecular weight excluding hydrogens is 270 g/mol. The first kappa shape index (κ1) is 12.4. The summed E-state index contributed by atoms with van der Waals surface area (Å²) >= 11 is 6.06. The van der Waals surface area contributed by atoms with Crippen LogP contribution < -0.4 is 5.32 Å². The van der Waals surface area contributed by atoms with E-state index in [0.29, 0.717) is 6.04 Å². The molecule has 2 aliphatic rings. The molecule has 1 unspecified atom stereocenters. The van der Waals surface area contributed by atoms with E-state index in [1.54, 1.807) is 0 Å². The lowest BCUT2D eigenvalue weighted by Crippen LogP contribution is -2.21. The van der Waals surface area contributed by atoms with E-state index >= 15 is 0 Å². The van der Waals surface area contributed by atoms with Gasteiger partial charge in [0, 0.05) is 22.7 Å². The van der Waals surface area contributed by atoms with Crippen LogP contribution in [0.3, 0.4) is 0 Å². The fourth-order valence-corrected chi connectivity index (χ4v) is 3.53. The first-order chi connectivity index (χ1) is 9.81. The number of imidazole rings is 1. The molecule has 1 aliphatic carbocycles. The zero-order valence-electron chi connectivity index (χ0n) is 11.4. The van der Waals surface area contributed by atoms with Crippen molar-refractivity contribution in [1.29, 1.82) is 0 Å². The van der Waals surface area contributed by atoms with E-state index in [9.17, 15) is 0 Å². The van der Waals surface area contributed by atoms with Gasteiger partial charge in [-0.05, 0) is 37.1 Å². The van der Waals surface area contributed by atoms with Gasteiger partial charge in [0.2, 0.25) is 0 Å². The minimum absolute atomic E-state index is 0.388. The Labute approximate surface area is 123 Å². The number of aromatic nitrogens is 2. The van der Waals surface area contributed by atoms with Crippen molar-refractivity contribution < 1.29 is 0 Å². The standard InChI is InChI=1S/C16H18ClN3/c17-11-5-6-12-10(8-11)9-14-15(12)20-16(19-14)13-4-2-1-3-7-18-13/h5-6,8,13,18H,1-4,7,9H2,(H,19,20). The van der Waals surface area contributed by atoms with E-state index in [4.69, 9.17) is 16.6 Å². The van der Waals surface area contributed by atoms with Crippen LogP contribution in [-0.2, 0) is 6.42 Å². The number of hydrogen-bond acceptors (Lipinski definition) is 2. The summed E-state index contributed by atoms with van der Waals surface area (Å²) in [5.74, 6) is 1.11. The van der Waals surface area contributed by atoms with Gasteiger partial charge in [-0.1, -0.05) is 30.5 Å². The molecule has 1 atom stereocenters. The average molecular weight is 288 g/mol. The minimum Gasteiger partial charge on any atom is -0.344 e. The second kappa shape index (κ2) is 4.90. The molecule has 104 valence electrons. The number of rotatable bonds is 1. The Bertz CT molecular complexity index is 639. The Morgan fingerprint density at radius 2 is 2.15 bits per heavy atom. The highest BCUT2D eigenvalue weighted by atomic mass is 35.5. The van der Waals surface area contributed by atoms with Gasteiger partial charge in [-0.3, -0.25) is 0 Å². The van der Waals surface area contributed by atoms with Crippen molar-refractivity contribution in [3.63, 3.8) is 0 Å². The van der Waals surface area contributed by atoms with Crippen molar-refractivity contribution in [1.82, 2.24) is 15.3 Å². The normalized spacial score (nSPS) is 21.4. The average Bonchev–Trinajstić information content (AvgIpc) is 2.84. The topological polar surface area (TPSA) is 40.7 Å². The van der Waals surface area contributed by atoms with Gasteiger partial charge < -0.3 is 10.3 Å². The van der Waals surface area contributed by atoms with Gasteiger partial charge in [0.25, 0.3) is 0 Å². The van der Waals surface area contributed by atoms with Crippen molar-refractivity contribution in [3.8, 4) is 11.3 Å². The van der Waals surface area contributed by atoms with Crippen LogP contribution in [0.4, 0.5) is 0 Å². The van der Waals surface area contributed by atoms with E-state index in [1.807, 2.05) is 6.07 Å². The fourth-order valence-electron chi connectivity index (χ4n) is 3.34. The molecule has 0 amide bonds. The van der Waals surface area contributed by atoms with Crippen LogP contribution in [0.15, 0.2) is 18.2 Å². The van der Waals surface area contributed by atoms with Gasteiger partial charge in [0.05, 0.1) is 11.7 Å². The molecule has 1 fully saturated rings. The molecular formula is C16H18ClN3. The van der Waals surface area contributed by atoms with Crippen molar-refractivity contribution in [3.05, 3.63) is 40.3 Å². The maximum absolute atomic E-state index is 6.06. The summed E-state index contributed by atoms with van der Waals surface area (Å²) in [6.07, 6.45) is 5.99. The molecule has 1 saturated heterocycles. The van der Waals surface area contributed by atoms with Gasteiger partial charge in [0.15, 0.2) is 0 Å². The molecule has 0 radical (unpaired) electrons. The summed E-state index contributed by atoms with van der Waals surface area (Å²) < 4.78 is 0. The van der Waals surface area contributed by atoms with Gasteiger partial charge >= 0.3 is 0 Å². The van der Waals surface area contributed by atoms with Crippen LogP contribution in [-0.4, -0.2) is 16.5 Å². The highest BCUT2D eigenvalue weighted by Crippen LogP contribution is 2.37. The monoisotopic (exact) mass is 287 g/mol. The lowest BCUT2D eigenvalue weighted by Gasteiger charge is -2.12. The second-order valence-electron chi connectivity index (χ2n) is 5.78. The number of fused-ring (bicyclic) bond motifs is 3. The molecule has 3 nitrogen and oxygen atoms in total. The summed E-state index contributed by atoms with van der Waals surface area (Å²) in [6.45, 7) is 1.10.